The SMILES string of the molecule is Cc1cc(F)ccc1C1=C(c2cnc(OCCNC/C=C/C(=O)N(C)C)c(F)c2)c2ccc(O)cc2CCC1. The number of hydrogen-bond acceptors (Lipinski definition) is 5. The molecule has 6 nitrogen and oxygen atoms in total. The van der Waals surface area contributed by atoms with Crippen molar-refractivity contribution in [3.8, 4) is 11.6 Å². The Hall–Kier alpha value is -4.04. The lowest BCUT2D eigenvalue weighted by atomic mass is 9.87. The number of aromatic hydroxyl groups is 1. The van der Waals surface area contributed by atoms with Gasteiger partial charge < -0.3 is 20.1 Å². The fraction of sp³-hybridized carbons (Fsp3) is 0.290. The molecule has 2 aromatic carbocycles. The summed E-state index contributed by atoms with van der Waals surface area (Å²) in [6, 6.07) is 11.3. The Morgan fingerprint density at radius 3 is 2.67 bits per heavy atom. The summed E-state index contributed by atoms with van der Waals surface area (Å²) in [6.45, 7) is 2.99. The van der Waals surface area contributed by atoms with E-state index >= 15 is 4.39 Å². The van der Waals surface area contributed by atoms with Crippen molar-refractivity contribution in [3.05, 3.63) is 100 Å². The molecule has 1 heterocycles. The Kier molecular flexibility index (Phi) is 9.09. The summed E-state index contributed by atoms with van der Waals surface area (Å²) in [4.78, 5) is 17.3. The summed E-state index contributed by atoms with van der Waals surface area (Å²) in [5.41, 5.74) is 5.94. The van der Waals surface area contributed by atoms with Crippen molar-refractivity contribution in [1.82, 2.24) is 15.2 Å². The number of amides is 1. The van der Waals surface area contributed by atoms with E-state index in [-0.39, 0.29) is 30.0 Å². The highest BCUT2D eigenvalue weighted by atomic mass is 19.1. The minimum Gasteiger partial charge on any atom is -0.508 e. The van der Waals surface area contributed by atoms with Crippen LogP contribution in [-0.4, -0.2) is 54.7 Å². The summed E-state index contributed by atoms with van der Waals surface area (Å²) in [6.07, 6.45) is 7.08. The third-order valence-electron chi connectivity index (χ3n) is 6.62. The molecular weight excluding hydrogens is 500 g/mol. The van der Waals surface area contributed by atoms with Crippen LogP contribution in [0.4, 0.5) is 8.78 Å². The molecule has 8 heteroatoms. The second-order valence-corrected chi connectivity index (χ2v) is 9.71. The van der Waals surface area contributed by atoms with Crippen LogP contribution in [0.25, 0.3) is 11.1 Å². The number of halogens is 2. The number of likely N-dealkylation sites (N-methyl/N-ethyl adjacent to an activating group) is 1. The van der Waals surface area contributed by atoms with E-state index in [1.54, 1.807) is 44.6 Å². The lowest BCUT2D eigenvalue weighted by Gasteiger charge is -2.18. The minimum atomic E-state index is -0.587. The van der Waals surface area contributed by atoms with Crippen molar-refractivity contribution in [2.24, 2.45) is 0 Å². The molecule has 1 amide bonds. The molecule has 1 aliphatic carbocycles. The van der Waals surface area contributed by atoms with E-state index in [0.29, 0.717) is 25.1 Å². The molecule has 0 spiro atoms. The average molecular weight is 534 g/mol. The molecule has 0 bridgehead atoms. The number of nitrogens with one attached hydrogen (secondary N) is 1. The van der Waals surface area contributed by atoms with E-state index in [2.05, 4.69) is 10.3 Å². The predicted octanol–water partition coefficient (Wildman–Crippen LogP) is 5.28. The zero-order valence-corrected chi connectivity index (χ0v) is 22.4. The number of hydrogen-bond donors (Lipinski definition) is 2. The van der Waals surface area contributed by atoms with Crippen LogP contribution >= 0.6 is 0 Å². The van der Waals surface area contributed by atoms with Gasteiger partial charge in [-0.05, 0) is 89.9 Å². The van der Waals surface area contributed by atoms with Gasteiger partial charge in [-0.1, -0.05) is 18.2 Å². The molecule has 1 aliphatic rings. The predicted molar refractivity (Wildman–Crippen MR) is 148 cm³/mol. The number of carbonyl (C=O) groups excluding carboxylic acids is 1. The molecule has 0 saturated heterocycles. The summed E-state index contributed by atoms with van der Waals surface area (Å²) >= 11 is 0. The number of fused-ring (bicyclic) bond motifs is 1. The molecule has 204 valence electrons. The maximum absolute atomic E-state index is 15.2. The van der Waals surface area contributed by atoms with Crippen molar-refractivity contribution < 1.29 is 23.4 Å². The van der Waals surface area contributed by atoms with Gasteiger partial charge in [-0.2, -0.15) is 0 Å². The maximum Gasteiger partial charge on any atom is 0.250 e. The summed E-state index contributed by atoms with van der Waals surface area (Å²) in [7, 11) is 3.36. The molecule has 0 atom stereocenters. The average Bonchev–Trinajstić information content (AvgIpc) is 3.07. The summed E-state index contributed by atoms with van der Waals surface area (Å²) < 4.78 is 34.7. The van der Waals surface area contributed by atoms with Crippen LogP contribution in [0, 0.1) is 18.6 Å². The molecule has 0 radical (unpaired) electrons. The number of benzene rings is 2. The van der Waals surface area contributed by atoms with Gasteiger partial charge in [0.05, 0.1) is 0 Å². The normalized spacial score (nSPS) is 13.4. The van der Waals surface area contributed by atoms with Gasteiger partial charge in [-0.25, -0.2) is 13.8 Å². The van der Waals surface area contributed by atoms with E-state index in [0.717, 1.165) is 46.2 Å². The number of nitrogens with zero attached hydrogens (tertiary/aromatic N) is 2. The molecular formula is C31H33F2N3O3. The highest BCUT2D eigenvalue weighted by molar-refractivity contribution is 6.00. The Balaban J connectivity index is 1.58. The molecule has 3 aromatic rings. The number of pyridine rings is 1. The Morgan fingerprint density at radius 2 is 1.92 bits per heavy atom. The fourth-order valence-corrected chi connectivity index (χ4v) is 4.72. The quantitative estimate of drug-likeness (QED) is 0.289. The lowest BCUT2D eigenvalue weighted by Crippen LogP contribution is -2.23. The van der Waals surface area contributed by atoms with Crippen LogP contribution in [0.15, 0.2) is 60.8 Å². The van der Waals surface area contributed by atoms with E-state index < -0.39 is 5.82 Å². The standard InChI is InChI=1S/C31H33F2N3O3/c1-20-16-23(32)9-11-25(20)27-7-4-6-21-17-24(37)10-12-26(21)30(27)22-18-28(33)31(35-19-22)39-15-14-34-13-5-8-29(38)36(2)3/h5,8-12,16-19,34,37H,4,6-7,13-15H2,1-3H3/b8-5+. The zero-order chi connectivity index (χ0) is 27.9. The molecule has 0 fully saturated rings. The smallest absolute Gasteiger partial charge is 0.250 e. The van der Waals surface area contributed by atoms with Gasteiger partial charge in [0.1, 0.15) is 18.2 Å². The first kappa shape index (κ1) is 28.0. The third kappa shape index (κ3) is 6.89. The van der Waals surface area contributed by atoms with Crippen molar-refractivity contribution in [3.63, 3.8) is 0 Å². The van der Waals surface area contributed by atoms with Crippen LogP contribution in [0.1, 0.15) is 40.7 Å². The van der Waals surface area contributed by atoms with Gasteiger partial charge >= 0.3 is 0 Å². The molecule has 0 aliphatic heterocycles. The number of aryl methyl sites for hydroxylation is 2. The first-order valence-corrected chi connectivity index (χ1v) is 12.9. The highest BCUT2D eigenvalue weighted by Gasteiger charge is 2.23. The largest absolute Gasteiger partial charge is 0.508 e. The molecule has 0 unspecified atom stereocenters. The molecule has 4 rings (SSSR count). The minimum absolute atomic E-state index is 0.0969. The monoisotopic (exact) mass is 533 g/mol. The van der Waals surface area contributed by atoms with Crippen LogP contribution in [-0.2, 0) is 11.2 Å². The lowest BCUT2D eigenvalue weighted by molar-refractivity contribution is -0.123. The van der Waals surface area contributed by atoms with Crippen LogP contribution in [0.2, 0.25) is 0 Å². The van der Waals surface area contributed by atoms with Gasteiger partial charge in [-0.3, -0.25) is 4.79 Å². The summed E-state index contributed by atoms with van der Waals surface area (Å²) in [5, 5.41) is 13.2. The molecule has 2 N–H and O–H groups in total. The van der Waals surface area contributed by atoms with Gasteiger partial charge in [-0.15, -0.1) is 0 Å². The number of phenolic OH excluding ortho intramolecular Hbond substituents is 1. The van der Waals surface area contributed by atoms with Crippen LogP contribution in [0.5, 0.6) is 11.6 Å². The number of carbonyl (C=O) groups is 1. The number of ether oxygens (including phenoxy) is 1. The molecule has 0 saturated carbocycles. The molecule has 1 aromatic heterocycles. The van der Waals surface area contributed by atoms with Gasteiger partial charge in [0.2, 0.25) is 11.8 Å². The Bertz CT molecular complexity index is 1420. The van der Waals surface area contributed by atoms with Crippen molar-refractivity contribution >= 4 is 17.1 Å². The zero-order valence-electron chi connectivity index (χ0n) is 22.4. The number of aromatic nitrogens is 1. The second-order valence-electron chi connectivity index (χ2n) is 9.71. The first-order chi connectivity index (χ1) is 18.7. The Labute approximate surface area is 227 Å². The van der Waals surface area contributed by atoms with E-state index in [9.17, 15) is 14.3 Å². The highest BCUT2D eigenvalue weighted by Crippen LogP contribution is 2.41. The topological polar surface area (TPSA) is 74.7 Å². The van der Waals surface area contributed by atoms with Crippen molar-refractivity contribution in [2.75, 3.05) is 33.8 Å². The van der Waals surface area contributed by atoms with E-state index in [1.165, 1.54) is 29.2 Å². The summed E-state index contributed by atoms with van der Waals surface area (Å²) in [5.74, 6) is -0.912. The molecule has 39 heavy (non-hydrogen) atoms. The third-order valence-corrected chi connectivity index (χ3v) is 6.62. The fourth-order valence-electron chi connectivity index (χ4n) is 4.72. The second kappa shape index (κ2) is 12.7. The maximum atomic E-state index is 15.2. The number of phenols is 1. The van der Waals surface area contributed by atoms with Crippen LogP contribution < -0.4 is 10.1 Å². The van der Waals surface area contributed by atoms with Gasteiger partial charge in [0, 0.05) is 45.0 Å². The van der Waals surface area contributed by atoms with E-state index in [1.807, 2.05) is 13.0 Å². The van der Waals surface area contributed by atoms with Crippen molar-refractivity contribution in [2.45, 2.75) is 26.2 Å². The first-order valence-electron chi connectivity index (χ1n) is 12.9. The van der Waals surface area contributed by atoms with Crippen molar-refractivity contribution in [1.29, 1.82) is 0 Å². The van der Waals surface area contributed by atoms with Gasteiger partial charge in [0.25, 0.3) is 0 Å². The van der Waals surface area contributed by atoms with Crippen LogP contribution in [0.3, 0.4) is 0 Å². The number of rotatable bonds is 9. The van der Waals surface area contributed by atoms with Gasteiger partial charge in [0.15, 0.2) is 5.82 Å². The number of allylic oxidation sites excluding steroid dienone is 1. The van der Waals surface area contributed by atoms with E-state index in [4.69, 9.17) is 4.74 Å². The Morgan fingerprint density at radius 1 is 1.13 bits per heavy atom.